The molecule has 1 aliphatic heterocycles. The van der Waals surface area contributed by atoms with Crippen molar-refractivity contribution in [2.75, 3.05) is 7.11 Å². The molecule has 0 radical (unpaired) electrons. The molecule has 6 heteroatoms. The van der Waals surface area contributed by atoms with Crippen LogP contribution in [0.1, 0.15) is 33.9 Å². The minimum Gasteiger partial charge on any atom is -0.496 e. The van der Waals surface area contributed by atoms with Crippen LogP contribution < -0.4 is 4.74 Å². The van der Waals surface area contributed by atoms with E-state index in [4.69, 9.17) is 21.4 Å². The Bertz CT molecular complexity index is 1060. The second-order valence-corrected chi connectivity index (χ2v) is 8.03. The molecule has 1 atom stereocenters. The lowest BCUT2D eigenvalue weighted by atomic mass is 9.97. The summed E-state index contributed by atoms with van der Waals surface area (Å²) in [5.74, 6) is 0.570. The van der Waals surface area contributed by atoms with Crippen LogP contribution in [0.2, 0.25) is 5.02 Å². The normalized spacial score (nSPS) is 15.9. The van der Waals surface area contributed by atoms with Crippen molar-refractivity contribution in [1.82, 2.24) is 5.01 Å². The van der Waals surface area contributed by atoms with Crippen LogP contribution in [-0.4, -0.2) is 23.7 Å². The standard InChI is InChI=1S/C23H18BrClN2O2/c1-29-22-5-3-2-4-19(22)20-14-21(15-6-10-17(24)11-7-15)27(26-20)23(28)16-8-12-18(25)13-9-16/h2-13,21H,14H2,1H3/t21-/m1/s1. The van der Waals surface area contributed by atoms with Gasteiger partial charge in [-0.15, -0.1) is 0 Å². The molecule has 0 aromatic heterocycles. The molecule has 4 nitrogen and oxygen atoms in total. The third kappa shape index (κ3) is 4.07. The third-order valence-corrected chi connectivity index (χ3v) is 5.66. The first-order chi connectivity index (χ1) is 14.1. The molecule has 146 valence electrons. The van der Waals surface area contributed by atoms with Gasteiger partial charge in [-0.1, -0.05) is 51.8 Å². The zero-order valence-corrected chi connectivity index (χ0v) is 18.0. The van der Waals surface area contributed by atoms with Crippen molar-refractivity contribution in [3.05, 3.63) is 99.0 Å². The van der Waals surface area contributed by atoms with Crippen molar-refractivity contribution in [2.45, 2.75) is 12.5 Å². The van der Waals surface area contributed by atoms with Gasteiger partial charge in [-0.3, -0.25) is 4.79 Å². The first-order valence-electron chi connectivity index (χ1n) is 9.12. The summed E-state index contributed by atoms with van der Waals surface area (Å²) in [5, 5.41) is 6.87. The van der Waals surface area contributed by atoms with Crippen LogP contribution in [0.25, 0.3) is 0 Å². The quantitative estimate of drug-likeness (QED) is 0.463. The Morgan fingerprint density at radius 2 is 1.76 bits per heavy atom. The number of hydrogen-bond donors (Lipinski definition) is 0. The van der Waals surface area contributed by atoms with Crippen molar-refractivity contribution in [1.29, 1.82) is 0 Å². The van der Waals surface area contributed by atoms with Gasteiger partial charge >= 0.3 is 0 Å². The fourth-order valence-corrected chi connectivity index (χ4v) is 3.80. The number of halogens is 2. The van der Waals surface area contributed by atoms with E-state index in [-0.39, 0.29) is 11.9 Å². The first kappa shape index (κ1) is 19.7. The SMILES string of the molecule is COc1ccccc1C1=NN(C(=O)c2ccc(Cl)cc2)[C@@H](c2ccc(Br)cc2)C1. The number of hydrazone groups is 1. The molecule has 0 aliphatic carbocycles. The number of rotatable bonds is 4. The van der Waals surface area contributed by atoms with Crippen molar-refractivity contribution in [3.63, 3.8) is 0 Å². The number of carbonyl (C=O) groups excluding carboxylic acids is 1. The van der Waals surface area contributed by atoms with Gasteiger partial charge in [0.1, 0.15) is 5.75 Å². The van der Waals surface area contributed by atoms with Crippen molar-refractivity contribution in [2.24, 2.45) is 5.10 Å². The monoisotopic (exact) mass is 468 g/mol. The summed E-state index contributed by atoms with van der Waals surface area (Å²) in [6.45, 7) is 0. The van der Waals surface area contributed by atoms with Gasteiger partial charge in [-0.2, -0.15) is 5.10 Å². The number of hydrogen-bond acceptors (Lipinski definition) is 3. The molecule has 4 rings (SSSR count). The summed E-state index contributed by atoms with van der Waals surface area (Å²) < 4.78 is 6.49. The van der Waals surface area contributed by atoms with E-state index in [1.165, 1.54) is 0 Å². The highest BCUT2D eigenvalue weighted by molar-refractivity contribution is 9.10. The van der Waals surface area contributed by atoms with E-state index < -0.39 is 0 Å². The summed E-state index contributed by atoms with van der Waals surface area (Å²) in [6.07, 6.45) is 0.599. The lowest BCUT2D eigenvalue weighted by molar-refractivity contribution is 0.0711. The van der Waals surface area contributed by atoms with Crippen LogP contribution in [0.3, 0.4) is 0 Å². The fraction of sp³-hybridized carbons (Fsp3) is 0.130. The summed E-state index contributed by atoms with van der Waals surface area (Å²) in [5.41, 5.74) is 3.27. The van der Waals surface area contributed by atoms with E-state index in [0.29, 0.717) is 17.0 Å². The summed E-state index contributed by atoms with van der Waals surface area (Å²) in [7, 11) is 1.64. The maximum atomic E-state index is 13.3. The van der Waals surface area contributed by atoms with E-state index in [1.807, 2.05) is 48.5 Å². The third-order valence-electron chi connectivity index (χ3n) is 4.88. The summed E-state index contributed by atoms with van der Waals surface area (Å²) in [6, 6.07) is 22.4. The fourth-order valence-electron chi connectivity index (χ4n) is 3.41. The maximum absolute atomic E-state index is 13.3. The highest BCUT2D eigenvalue weighted by atomic mass is 79.9. The molecule has 3 aromatic rings. The molecule has 1 aliphatic rings. The van der Waals surface area contributed by atoms with Crippen LogP contribution in [0.4, 0.5) is 0 Å². The molecule has 1 amide bonds. The molecule has 0 saturated heterocycles. The highest BCUT2D eigenvalue weighted by Crippen LogP contribution is 2.36. The number of carbonyl (C=O) groups is 1. The van der Waals surface area contributed by atoms with Crippen LogP contribution in [0.15, 0.2) is 82.4 Å². The van der Waals surface area contributed by atoms with Gasteiger partial charge in [0.15, 0.2) is 0 Å². The lowest BCUT2D eigenvalue weighted by Crippen LogP contribution is -2.27. The Morgan fingerprint density at radius 3 is 2.45 bits per heavy atom. The van der Waals surface area contributed by atoms with Crippen molar-refractivity contribution >= 4 is 39.1 Å². The molecule has 0 spiro atoms. The van der Waals surface area contributed by atoms with E-state index in [2.05, 4.69) is 15.9 Å². The molecule has 0 saturated carbocycles. The predicted molar refractivity (Wildman–Crippen MR) is 119 cm³/mol. The molecular formula is C23H18BrClN2O2. The lowest BCUT2D eigenvalue weighted by Gasteiger charge is -2.22. The molecule has 3 aromatic carbocycles. The van der Waals surface area contributed by atoms with E-state index >= 15 is 0 Å². The van der Waals surface area contributed by atoms with Crippen LogP contribution in [0.5, 0.6) is 5.75 Å². The van der Waals surface area contributed by atoms with Gasteiger partial charge in [0.2, 0.25) is 0 Å². The molecule has 0 N–H and O–H groups in total. The Balaban J connectivity index is 1.75. The average Bonchev–Trinajstić information content (AvgIpc) is 3.19. The zero-order valence-electron chi connectivity index (χ0n) is 15.7. The van der Waals surface area contributed by atoms with Gasteiger partial charge in [-0.05, 0) is 54.1 Å². The van der Waals surface area contributed by atoms with Gasteiger partial charge in [0.25, 0.3) is 5.91 Å². The van der Waals surface area contributed by atoms with Crippen LogP contribution >= 0.6 is 27.5 Å². The number of amides is 1. The summed E-state index contributed by atoms with van der Waals surface area (Å²) >= 11 is 9.45. The minimum atomic E-state index is -0.203. The molecule has 29 heavy (non-hydrogen) atoms. The Labute approximate surface area is 182 Å². The van der Waals surface area contributed by atoms with E-state index in [0.717, 1.165) is 27.1 Å². The van der Waals surface area contributed by atoms with Crippen molar-refractivity contribution in [3.8, 4) is 5.75 Å². The van der Waals surface area contributed by atoms with E-state index in [1.54, 1.807) is 36.4 Å². The predicted octanol–water partition coefficient (Wildman–Crippen LogP) is 6.10. The van der Waals surface area contributed by atoms with Gasteiger partial charge in [0.05, 0.1) is 18.9 Å². The summed E-state index contributed by atoms with van der Waals surface area (Å²) in [4.78, 5) is 13.3. The van der Waals surface area contributed by atoms with Gasteiger partial charge < -0.3 is 4.74 Å². The van der Waals surface area contributed by atoms with Gasteiger partial charge in [-0.25, -0.2) is 5.01 Å². The first-order valence-corrected chi connectivity index (χ1v) is 10.3. The molecule has 0 fully saturated rings. The number of methoxy groups -OCH3 is 1. The molecular weight excluding hydrogens is 452 g/mol. The smallest absolute Gasteiger partial charge is 0.274 e. The van der Waals surface area contributed by atoms with E-state index in [9.17, 15) is 4.79 Å². The Morgan fingerprint density at radius 1 is 1.07 bits per heavy atom. The number of ether oxygens (including phenoxy) is 1. The van der Waals surface area contributed by atoms with Crippen LogP contribution in [-0.2, 0) is 0 Å². The highest BCUT2D eigenvalue weighted by Gasteiger charge is 2.34. The minimum absolute atomic E-state index is 0.167. The largest absolute Gasteiger partial charge is 0.496 e. The maximum Gasteiger partial charge on any atom is 0.274 e. The Kier molecular flexibility index (Phi) is 5.69. The molecule has 0 bridgehead atoms. The molecule has 0 unspecified atom stereocenters. The second-order valence-electron chi connectivity index (χ2n) is 6.68. The number of para-hydroxylation sites is 1. The zero-order chi connectivity index (χ0) is 20.4. The number of benzene rings is 3. The Hall–Kier alpha value is -2.63. The number of nitrogens with zero attached hydrogens (tertiary/aromatic N) is 2. The topological polar surface area (TPSA) is 41.9 Å². The van der Waals surface area contributed by atoms with Crippen molar-refractivity contribution < 1.29 is 9.53 Å². The van der Waals surface area contributed by atoms with Crippen LogP contribution in [0, 0.1) is 0 Å². The molecule has 1 heterocycles. The van der Waals surface area contributed by atoms with Gasteiger partial charge in [0, 0.05) is 27.0 Å². The average molecular weight is 470 g/mol. The second kappa shape index (κ2) is 8.39.